The molecule has 0 bridgehead atoms. The third-order valence-electron chi connectivity index (χ3n) is 19.4. The van der Waals surface area contributed by atoms with Crippen molar-refractivity contribution in [3.8, 4) is 0 Å². The number of carboxylic acid groups (broad SMARTS) is 1. The Kier molecular flexibility index (Phi) is 43.6. The van der Waals surface area contributed by atoms with Crippen LogP contribution in [0.3, 0.4) is 0 Å². The summed E-state index contributed by atoms with van der Waals surface area (Å²) in [6.07, 6.45) is 9.56. The maximum absolute atomic E-state index is 14.7. The number of thiazole rings is 1. The molecule has 0 amide bonds. The van der Waals surface area contributed by atoms with Crippen molar-refractivity contribution in [2.75, 3.05) is 87.6 Å². The van der Waals surface area contributed by atoms with E-state index in [2.05, 4.69) is 39.0 Å². The van der Waals surface area contributed by atoms with Crippen LogP contribution in [0, 0.1) is 47.2 Å². The average Bonchev–Trinajstić information content (AvgIpc) is 0.993. The van der Waals surface area contributed by atoms with Crippen molar-refractivity contribution in [3.05, 3.63) is 62.5 Å². The van der Waals surface area contributed by atoms with Gasteiger partial charge in [0.15, 0.2) is 24.4 Å². The molecule has 7 fully saturated rings. The summed E-state index contributed by atoms with van der Waals surface area (Å²) in [6.45, 7) is 6.84. The van der Waals surface area contributed by atoms with E-state index in [9.17, 15) is 96.6 Å². The second-order valence-electron chi connectivity index (χ2n) is 30.5. The number of benzene rings is 1. The molecule has 2 aromatic rings. The molecule has 38 heteroatoms. The lowest BCUT2D eigenvalue weighted by Gasteiger charge is -2.39. The number of rotatable bonds is 24. The number of likely N-dealkylation sites (tertiary alicyclic amines) is 1. The van der Waals surface area contributed by atoms with Crippen LogP contribution in [0.15, 0.2) is 46.0 Å². The number of carbonyl (C=O) groups excluding carboxylic acids is 8. The number of aromatic nitrogens is 1. The number of aliphatic imine (C=N–C) groups is 1. The summed E-state index contributed by atoms with van der Waals surface area (Å²) < 4.78 is 194. The highest BCUT2D eigenvalue weighted by Gasteiger charge is 2.45. The molecule has 1 aromatic carbocycles. The fourth-order valence-corrected chi connectivity index (χ4v) is 15.1. The summed E-state index contributed by atoms with van der Waals surface area (Å²) >= 11 is 7.67. The highest BCUT2D eigenvalue weighted by molar-refractivity contribution is 7.11. The molecule has 6 saturated carbocycles. The zero-order chi connectivity index (χ0) is 86.5. The van der Waals surface area contributed by atoms with Crippen molar-refractivity contribution in [1.29, 1.82) is 0 Å². The lowest BCUT2D eigenvalue weighted by atomic mass is 9.87. The Bertz CT molecular complexity index is 3470. The number of halogens is 12. The Morgan fingerprint density at radius 1 is 0.664 bits per heavy atom. The number of aliphatic hydroxyl groups is 1. The van der Waals surface area contributed by atoms with Crippen LogP contribution < -0.4 is 5.32 Å². The van der Waals surface area contributed by atoms with Gasteiger partial charge in [0.2, 0.25) is 23.7 Å². The predicted octanol–water partition coefficient (Wildman–Crippen LogP) is 14.6. The first-order valence-corrected chi connectivity index (χ1v) is 39.7. The van der Waals surface area contributed by atoms with Gasteiger partial charge in [0, 0.05) is 117 Å². The fourth-order valence-electron chi connectivity index (χ4n) is 14.3. The highest BCUT2D eigenvalue weighted by atomic mass is 35.5. The largest absolute Gasteiger partial charge is 0.481 e. The van der Waals surface area contributed by atoms with Crippen LogP contribution in [0.2, 0.25) is 5.02 Å². The molecule has 658 valence electrons. The fraction of sp³-hybridized carbons (Fsp3) is 0.731. The van der Waals surface area contributed by atoms with E-state index in [0.29, 0.717) is 79.9 Å². The molecule has 0 radical (unpaired) electrons. The van der Waals surface area contributed by atoms with Gasteiger partial charge in [-0.15, -0.1) is 11.3 Å². The standard InChI is InChI=1S/C25H26ClF3N4O5S.C13H22F2O3.C9H14F2O3.C8H12F2O2.C8H14O3.C8H12O3.C7H10F2O2/c1-2-38-24(35)20-19(10-33-9-15(8-25(28,29)12-33)11-36-14-37-13-34)31-22(23-30-5-6-39-23)32-21(20)17-4-3-16(27)7-18(17)26;1-12(2,3)18-11(16)9-17-8-10-5-4-6-13(14,15)7-10;10-9(11)3-1-2-8(4-9)5-13-7-14-6-12;1-12-7(11)6-3-2-4-8(9,10)5-6;2*1-11-8(10)6-3-2-4-7(9)5-6;8-7(9)3-1-2-5(4-7)6(10)11/h3-7,13,15,21H,2,8-12,14H2,1H3,(H,31,32);10H,4-9H2,1-3H3;6,8H,1-5,7H2;6H,2-5H2,1H3;6-7,9H,2-5H2,1H3;6H,2-5H2,1H3;5H,1-4H2,(H,10,11)/t15?,21-;;;;;;/m0....../s1. The van der Waals surface area contributed by atoms with E-state index in [0.717, 1.165) is 51.0 Å². The van der Waals surface area contributed by atoms with Gasteiger partial charge in [-0.3, -0.25) is 43.5 Å². The zero-order valence-electron chi connectivity index (χ0n) is 66.4. The number of aliphatic hydroxyl groups excluding tert-OH is 1. The Hall–Kier alpha value is -7.19. The number of nitrogens with zero attached hydrogens (tertiary/aromatic N) is 3. The Labute approximate surface area is 676 Å². The first-order valence-electron chi connectivity index (χ1n) is 38.5. The number of hydrogen-bond acceptors (Lipinski definition) is 25. The molecule has 116 heavy (non-hydrogen) atoms. The maximum Gasteiger partial charge on any atom is 0.338 e. The van der Waals surface area contributed by atoms with Crippen LogP contribution >= 0.6 is 22.9 Å². The van der Waals surface area contributed by atoms with E-state index in [1.165, 1.54) is 49.7 Å². The molecule has 6 aliphatic carbocycles. The number of hydrogen-bond donors (Lipinski definition) is 3. The number of ketones is 1. The predicted molar refractivity (Wildman–Crippen MR) is 398 cm³/mol. The van der Waals surface area contributed by atoms with E-state index in [1.54, 1.807) is 39.3 Å². The summed E-state index contributed by atoms with van der Waals surface area (Å²) in [6, 6.07) is 2.74. The van der Waals surface area contributed by atoms with Gasteiger partial charge in [0.25, 0.3) is 18.9 Å². The number of nitrogens with one attached hydrogen (secondary N) is 1. The van der Waals surface area contributed by atoms with Crippen LogP contribution in [-0.2, 0) is 90.5 Å². The molecule has 8 aliphatic rings. The highest BCUT2D eigenvalue weighted by Crippen LogP contribution is 2.42. The minimum Gasteiger partial charge on any atom is -0.481 e. The zero-order valence-corrected chi connectivity index (χ0v) is 68.0. The number of piperidine rings is 1. The van der Waals surface area contributed by atoms with Crippen molar-refractivity contribution >= 4 is 83.3 Å². The van der Waals surface area contributed by atoms with E-state index in [1.807, 2.05) is 0 Å². The number of carbonyl (C=O) groups is 9. The summed E-state index contributed by atoms with van der Waals surface area (Å²) in [5.74, 6) is -19.3. The Balaban J connectivity index is 0.000000308. The first kappa shape index (κ1) is 101. The monoisotopic (exact) mass is 1710 g/mol. The molecule has 1 aromatic heterocycles. The molecule has 3 N–H and O–H groups in total. The molecule has 9 atom stereocenters. The SMILES string of the molecule is CC(C)(C)OC(=O)COCC1CCCC(F)(F)C1.CCOC(=O)C1=C(CN2CC(COCOC=O)CC(F)(F)C2)NC(c2nccs2)=N[C@H]1c1ccc(F)cc1Cl.COC(=O)C1CCCC(=O)C1.COC(=O)C1CCCC(F)(F)C1.COC(=O)C1CCCC(O)C1.O=C(O)C1CCCC(F)(F)C1.O=COCOCC1CCCC(F)(F)C1. The van der Waals surface area contributed by atoms with Crippen LogP contribution in [0.25, 0.3) is 0 Å². The number of alkyl halides is 10. The summed E-state index contributed by atoms with van der Waals surface area (Å²) in [5, 5.41) is 23.1. The number of methoxy groups -OCH3 is 3. The van der Waals surface area contributed by atoms with Gasteiger partial charge in [-0.2, -0.15) is 0 Å². The molecule has 2 aliphatic heterocycles. The van der Waals surface area contributed by atoms with Gasteiger partial charge in [0.1, 0.15) is 29.9 Å². The summed E-state index contributed by atoms with van der Waals surface area (Å²) in [4.78, 5) is 109. The lowest BCUT2D eigenvalue weighted by Crippen LogP contribution is -2.50. The van der Waals surface area contributed by atoms with Crippen LogP contribution in [-0.4, -0.2) is 209 Å². The van der Waals surface area contributed by atoms with Crippen molar-refractivity contribution in [2.45, 2.75) is 236 Å². The minimum atomic E-state index is -3.02. The minimum absolute atomic E-state index is 0.0195. The molecular formula is C78H110ClF11N4O21S. The Morgan fingerprint density at radius 3 is 1.66 bits per heavy atom. The van der Waals surface area contributed by atoms with Gasteiger partial charge in [-0.05, 0) is 135 Å². The van der Waals surface area contributed by atoms with Gasteiger partial charge in [-0.25, -0.2) is 62.9 Å². The van der Waals surface area contributed by atoms with Crippen molar-refractivity contribution in [2.24, 2.45) is 46.4 Å². The number of carboxylic acids is 1. The van der Waals surface area contributed by atoms with Crippen molar-refractivity contribution in [3.63, 3.8) is 0 Å². The van der Waals surface area contributed by atoms with Crippen molar-refractivity contribution in [1.82, 2.24) is 15.2 Å². The van der Waals surface area contributed by atoms with E-state index in [-0.39, 0.29) is 176 Å². The molecule has 1 saturated heterocycles. The summed E-state index contributed by atoms with van der Waals surface area (Å²) in [7, 11) is 3.99. The summed E-state index contributed by atoms with van der Waals surface area (Å²) in [5.41, 5.74) is 0.172. The van der Waals surface area contributed by atoms with E-state index >= 15 is 0 Å². The average molecular weight is 1720 g/mol. The normalized spacial score (nSPS) is 25.0. The number of aliphatic carboxylic acids is 1. The quantitative estimate of drug-likeness (QED) is 0.0219. The molecule has 10 rings (SSSR count). The second-order valence-corrected chi connectivity index (χ2v) is 31.8. The van der Waals surface area contributed by atoms with Gasteiger partial charge < -0.3 is 62.9 Å². The number of esters is 5. The number of Topliss-reactive ketones (excluding diaryl/α,β-unsaturated/α-hetero) is 1. The number of ether oxygens (including phenoxy) is 10. The molecular weight excluding hydrogens is 1610 g/mol. The van der Waals surface area contributed by atoms with Gasteiger partial charge in [0.05, 0.1) is 89.7 Å². The molecule has 3 heterocycles. The Morgan fingerprint density at radius 2 is 1.17 bits per heavy atom. The van der Waals surface area contributed by atoms with Crippen LogP contribution in [0.4, 0.5) is 48.3 Å². The van der Waals surface area contributed by atoms with Crippen LogP contribution in [0.5, 0.6) is 0 Å². The molecule has 25 nitrogen and oxygen atoms in total. The number of amidine groups is 1. The maximum atomic E-state index is 14.7. The van der Waals surface area contributed by atoms with Crippen molar-refractivity contribution < 1.29 is 149 Å². The molecule has 8 unspecified atom stereocenters. The smallest absolute Gasteiger partial charge is 0.338 e. The van der Waals surface area contributed by atoms with Gasteiger partial charge >= 0.3 is 35.8 Å². The second kappa shape index (κ2) is 50.0. The lowest BCUT2D eigenvalue weighted by molar-refractivity contribution is -0.161. The molecule has 0 spiro atoms. The third kappa shape index (κ3) is 39.1. The third-order valence-corrected chi connectivity index (χ3v) is 20.5. The van der Waals surface area contributed by atoms with E-state index < -0.39 is 108 Å². The topological polar surface area (TPSA) is 327 Å². The van der Waals surface area contributed by atoms with Gasteiger partial charge in [-0.1, -0.05) is 24.1 Å². The first-order chi connectivity index (χ1) is 54.6. The van der Waals surface area contributed by atoms with E-state index in [4.69, 9.17) is 40.4 Å². The van der Waals surface area contributed by atoms with Crippen LogP contribution in [0.1, 0.15) is 205 Å².